The summed E-state index contributed by atoms with van der Waals surface area (Å²) in [6.45, 7) is 1.72. The minimum absolute atomic E-state index is 0.0739. The highest BCUT2D eigenvalue weighted by Gasteiger charge is 2.32. The molecule has 1 aromatic rings. The van der Waals surface area contributed by atoms with Gasteiger partial charge in [-0.25, -0.2) is 0 Å². The normalized spacial score (nSPS) is 17.3. The quantitative estimate of drug-likeness (QED) is 0.632. The summed E-state index contributed by atoms with van der Waals surface area (Å²) in [5.41, 5.74) is 0. The van der Waals surface area contributed by atoms with Gasteiger partial charge in [-0.05, 0) is 33.3 Å². The molecule has 0 aliphatic carbocycles. The van der Waals surface area contributed by atoms with Gasteiger partial charge in [-0.15, -0.1) is 11.3 Å². The van der Waals surface area contributed by atoms with E-state index in [9.17, 15) is 14.4 Å². The van der Waals surface area contributed by atoms with Gasteiger partial charge in [0.2, 0.25) is 11.8 Å². The number of piperidine rings is 1. The lowest BCUT2D eigenvalue weighted by Gasteiger charge is -2.27. The molecule has 0 spiro atoms. The summed E-state index contributed by atoms with van der Waals surface area (Å²) in [5.74, 6) is -0.627. The first-order valence-corrected chi connectivity index (χ1v) is 7.25. The zero-order chi connectivity index (χ0) is 13.3. The Bertz CT molecular complexity index is 493. The van der Waals surface area contributed by atoms with Crippen LogP contribution in [0.3, 0.4) is 0 Å². The van der Waals surface area contributed by atoms with E-state index in [-0.39, 0.29) is 30.1 Å². The van der Waals surface area contributed by atoms with Crippen molar-refractivity contribution >= 4 is 44.9 Å². The van der Waals surface area contributed by atoms with Gasteiger partial charge < -0.3 is 0 Å². The highest BCUT2D eigenvalue weighted by Crippen LogP contribution is 2.25. The van der Waals surface area contributed by atoms with Crippen LogP contribution in [-0.4, -0.2) is 29.0 Å². The number of likely N-dealkylation sites (tertiary alicyclic amines) is 1. The van der Waals surface area contributed by atoms with Crippen LogP contribution < -0.4 is 0 Å². The SMILES string of the molecule is CC1CC(=O)N(CC(=O)c2sccc2Br)C(=O)C1. The highest BCUT2D eigenvalue weighted by molar-refractivity contribution is 9.10. The van der Waals surface area contributed by atoms with Crippen LogP contribution in [0.25, 0.3) is 0 Å². The molecule has 4 nitrogen and oxygen atoms in total. The van der Waals surface area contributed by atoms with Gasteiger partial charge in [0.15, 0.2) is 5.78 Å². The molecule has 0 saturated carbocycles. The van der Waals surface area contributed by atoms with E-state index in [0.717, 1.165) is 4.90 Å². The van der Waals surface area contributed by atoms with E-state index in [4.69, 9.17) is 0 Å². The smallest absolute Gasteiger partial charge is 0.229 e. The van der Waals surface area contributed by atoms with Gasteiger partial charge in [0.1, 0.15) is 0 Å². The molecule has 18 heavy (non-hydrogen) atoms. The minimum Gasteiger partial charge on any atom is -0.291 e. The summed E-state index contributed by atoms with van der Waals surface area (Å²) in [4.78, 5) is 37.1. The van der Waals surface area contributed by atoms with E-state index >= 15 is 0 Å². The summed E-state index contributed by atoms with van der Waals surface area (Å²) in [6, 6.07) is 1.78. The van der Waals surface area contributed by atoms with Crippen molar-refractivity contribution in [2.75, 3.05) is 6.54 Å². The number of Topliss-reactive ketones (excluding diaryl/α,β-unsaturated/α-hetero) is 1. The zero-order valence-corrected chi connectivity index (χ0v) is 12.2. The predicted octanol–water partition coefficient (Wildman–Crippen LogP) is 2.48. The van der Waals surface area contributed by atoms with Gasteiger partial charge in [-0.3, -0.25) is 19.3 Å². The number of carbonyl (C=O) groups excluding carboxylic acids is 3. The summed E-state index contributed by atoms with van der Waals surface area (Å²) < 4.78 is 0.711. The maximum Gasteiger partial charge on any atom is 0.229 e. The lowest BCUT2D eigenvalue weighted by molar-refractivity contribution is -0.149. The first kappa shape index (κ1) is 13.4. The fourth-order valence-corrected chi connectivity index (χ4v) is 3.44. The second-order valence-corrected chi connectivity index (χ2v) is 6.18. The van der Waals surface area contributed by atoms with E-state index in [1.807, 2.05) is 6.92 Å². The summed E-state index contributed by atoms with van der Waals surface area (Å²) >= 11 is 4.58. The molecular formula is C12H12BrNO3S. The van der Waals surface area contributed by atoms with E-state index < -0.39 is 0 Å². The second kappa shape index (κ2) is 5.32. The van der Waals surface area contributed by atoms with Gasteiger partial charge in [0.25, 0.3) is 0 Å². The highest BCUT2D eigenvalue weighted by atomic mass is 79.9. The molecule has 1 aromatic heterocycles. The van der Waals surface area contributed by atoms with Crippen LogP contribution in [0.2, 0.25) is 0 Å². The summed E-state index contributed by atoms with van der Waals surface area (Å²) in [5, 5.41) is 1.79. The van der Waals surface area contributed by atoms with Gasteiger partial charge in [-0.2, -0.15) is 0 Å². The van der Waals surface area contributed by atoms with Crippen LogP contribution in [0.15, 0.2) is 15.9 Å². The van der Waals surface area contributed by atoms with Gasteiger partial charge in [-0.1, -0.05) is 6.92 Å². The van der Waals surface area contributed by atoms with Gasteiger partial charge in [0.05, 0.1) is 11.4 Å². The predicted molar refractivity (Wildman–Crippen MR) is 71.5 cm³/mol. The molecule has 0 radical (unpaired) electrons. The maximum atomic E-state index is 12.0. The largest absolute Gasteiger partial charge is 0.291 e. The molecule has 0 aromatic carbocycles. The van der Waals surface area contributed by atoms with E-state index in [1.165, 1.54) is 11.3 Å². The molecule has 96 valence electrons. The van der Waals surface area contributed by atoms with Crippen molar-refractivity contribution in [3.8, 4) is 0 Å². The standard InChI is InChI=1S/C12H12BrNO3S/c1-7-4-10(16)14(11(17)5-7)6-9(15)12-8(13)2-3-18-12/h2-3,7H,4-6H2,1H3. The number of carbonyl (C=O) groups is 3. The van der Waals surface area contributed by atoms with Crippen molar-refractivity contribution in [3.05, 3.63) is 20.8 Å². The van der Waals surface area contributed by atoms with Crippen molar-refractivity contribution < 1.29 is 14.4 Å². The molecule has 2 heterocycles. The molecule has 1 saturated heterocycles. The number of ketones is 1. The van der Waals surface area contributed by atoms with Crippen molar-refractivity contribution in [3.63, 3.8) is 0 Å². The molecule has 1 fully saturated rings. The topological polar surface area (TPSA) is 54.5 Å². The third-order valence-corrected chi connectivity index (χ3v) is 4.70. The monoisotopic (exact) mass is 329 g/mol. The Balaban J connectivity index is 2.10. The fraction of sp³-hybridized carbons (Fsp3) is 0.417. The number of imide groups is 1. The van der Waals surface area contributed by atoms with Crippen LogP contribution >= 0.6 is 27.3 Å². The molecule has 0 bridgehead atoms. The third kappa shape index (κ3) is 2.70. The molecular weight excluding hydrogens is 318 g/mol. The molecule has 6 heteroatoms. The Morgan fingerprint density at radius 1 is 1.44 bits per heavy atom. The molecule has 1 aliphatic heterocycles. The average Bonchev–Trinajstić information content (AvgIpc) is 2.69. The minimum atomic E-state index is -0.250. The van der Waals surface area contributed by atoms with Crippen LogP contribution in [0.1, 0.15) is 29.4 Å². The summed E-state index contributed by atoms with van der Waals surface area (Å²) in [6.07, 6.45) is 0.676. The van der Waals surface area contributed by atoms with Gasteiger partial charge in [0, 0.05) is 17.3 Å². The lowest BCUT2D eigenvalue weighted by atomic mass is 9.97. The summed E-state index contributed by atoms with van der Waals surface area (Å²) in [7, 11) is 0. The second-order valence-electron chi connectivity index (χ2n) is 4.41. The Morgan fingerprint density at radius 2 is 2.06 bits per heavy atom. The molecule has 0 unspecified atom stereocenters. The van der Waals surface area contributed by atoms with Crippen molar-refractivity contribution in [2.45, 2.75) is 19.8 Å². The van der Waals surface area contributed by atoms with Crippen molar-refractivity contribution in [2.24, 2.45) is 5.92 Å². The number of amides is 2. The lowest BCUT2D eigenvalue weighted by Crippen LogP contribution is -2.45. The fourth-order valence-electron chi connectivity index (χ4n) is 1.91. The molecule has 2 amide bonds. The van der Waals surface area contributed by atoms with Crippen LogP contribution in [0.4, 0.5) is 0 Å². The number of hydrogen-bond acceptors (Lipinski definition) is 4. The number of halogens is 1. The zero-order valence-electron chi connectivity index (χ0n) is 9.81. The van der Waals surface area contributed by atoms with Crippen LogP contribution in [-0.2, 0) is 9.59 Å². The molecule has 0 N–H and O–H groups in total. The maximum absolute atomic E-state index is 12.0. The number of thiophene rings is 1. The Kier molecular flexibility index (Phi) is 3.97. The first-order valence-electron chi connectivity index (χ1n) is 5.58. The van der Waals surface area contributed by atoms with Gasteiger partial charge >= 0.3 is 0 Å². The van der Waals surface area contributed by atoms with E-state index in [1.54, 1.807) is 11.4 Å². The van der Waals surface area contributed by atoms with Crippen molar-refractivity contribution in [1.82, 2.24) is 4.90 Å². The Labute approximate surface area is 117 Å². The molecule has 1 aliphatic rings. The number of nitrogens with zero attached hydrogens (tertiary/aromatic N) is 1. The molecule has 0 atom stereocenters. The van der Waals surface area contributed by atoms with Crippen LogP contribution in [0.5, 0.6) is 0 Å². The average molecular weight is 330 g/mol. The van der Waals surface area contributed by atoms with Crippen LogP contribution in [0, 0.1) is 5.92 Å². The Hall–Kier alpha value is -1.01. The van der Waals surface area contributed by atoms with Crippen molar-refractivity contribution in [1.29, 1.82) is 0 Å². The Morgan fingerprint density at radius 3 is 2.56 bits per heavy atom. The number of hydrogen-bond donors (Lipinski definition) is 0. The van der Waals surface area contributed by atoms with E-state index in [0.29, 0.717) is 22.2 Å². The molecule has 2 rings (SSSR count). The number of rotatable bonds is 3. The van der Waals surface area contributed by atoms with E-state index in [2.05, 4.69) is 15.9 Å². The first-order chi connectivity index (χ1) is 8.49. The third-order valence-electron chi connectivity index (χ3n) is 2.82.